The van der Waals surface area contributed by atoms with E-state index in [0.717, 1.165) is 53.4 Å². The zero-order valence-electron chi connectivity index (χ0n) is 18.6. The summed E-state index contributed by atoms with van der Waals surface area (Å²) in [5.41, 5.74) is 4.13. The second kappa shape index (κ2) is 9.47. The first-order valence-corrected chi connectivity index (χ1v) is 12.4. The molecule has 6 nitrogen and oxygen atoms in total. The summed E-state index contributed by atoms with van der Waals surface area (Å²) in [6.07, 6.45) is 4.53. The van der Waals surface area contributed by atoms with Gasteiger partial charge < -0.3 is 9.88 Å². The fraction of sp³-hybridized carbons (Fsp3) is 0.360. The lowest BCUT2D eigenvalue weighted by atomic mass is 10.1. The summed E-state index contributed by atoms with van der Waals surface area (Å²) in [7, 11) is 0. The van der Waals surface area contributed by atoms with Crippen LogP contribution >= 0.6 is 11.8 Å². The maximum absolute atomic E-state index is 14.4. The molecule has 0 unspecified atom stereocenters. The smallest absolute Gasteiger partial charge is 0.220 e. The lowest BCUT2D eigenvalue weighted by molar-refractivity contribution is -0.121. The van der Waals surface area contributed by atoms with Gasteiger partial charge in [-0.2, -0.15) is 0 Å². The van der Waals surface area contributed by atoms with Gasteiger partial charge in [-0.05, 0) is 50.8 Å². The molecule has 5 rings (SSSR count). The Balaban J connectivity index is 1.35. The molecule has 0 aliphatic heterocycles. The molecule has 0 saturated heterocycles. The topological polar surface area (TPSA) is 72.7 Å². The average Bonchev–Trinajstić information content (AvgIpc) is 3.57. The number of hydrogen-bond donors (Lipinski definition) is 1. The first kappa shape index (κ1) is 21.8. The number of carbonyl (C=O) groups excluding carboxylic acids is 1. The van der Waals surface area contributed by atoms with Crippen molar-refractivity contribution in [3.05, 3.63) is 59.4 Å². The van der Waals surface area contributed by atoms with Gasteiger partial charge in [0.05, 0.1) is 12.1 Å². The molecular weight excluding hydrogens is 437 g/mol. The normalized spacial score (nSPS) is 13.6. The quantitative estimate of drug-likeness (QED) is 0.279. The Morgan fingerprint density at radius 1 is 1.18 bits per heavy atom. The highest BCUT2D eigenvalue weighted by molar-refractivity contribution is 7.99. The van der Waals surface area contributed by atoms with Crippen LogP contribution in [0.25, 0.3) is 22.1 Å². The van der Waals surface area contributed by atoms with E-state index in [4.69, 9.17) is 4.98 Å². The number of aryl methyl sites for hydroxylation is 1. The maximum Gasteiger partial charge on any atom is 0.220 e. The van der Waals surface area contributed by atoms with Gasteiger partial charge in [0.15, 0.2) is 5.65 Å². The first-order chi connectivity index (χ1) is 16.1. The predicted molar refractivity (Wildman–Crippen MR) is 129 cm³/mol. The van der Waals surface area contributed by atoms with E-state index < -0.39 is 0 Å². The van der Waals surface area contributed by atoms with Crippen molar-refractivity contribution in [2.45, 2.75) is 56.8 Å². The summed E-state index contributed by atoms with van der Waals surface area (Å²) in [5.74, 6) is 0.730. The van der Waals surface area contributed by atoms with Crippen LogP contribution in [-0.2, 0) is 11.3 Å². The van der Waals surface area contributed by atoms with Crippen LogP contribution in [0.1, 0.15) is 43.2 Å². The number of thioether (sulfide) groups is 1. The summed E-state index contributed by atoms with van der Waals surface area (Å²) in [6, 6.07) is 13.4. The number of aromatic nitrogens is 4. The molecule has 1 amide bonds. The summed E-state index contributed by atoms with van der Waals surface area (Å²) >= 11 is 1.54. The summed E-state index contributed by atoms with van der Waals surface area (Å²) in [5, 5.41) is 13.4. The molecule has 8 heteroatoms. The van der Waals surface area contributed by atoms with E-state index >= 15 is 0 Å². The van der Waals surface area contributed by atoms with E-state index in [0.29, 0.717) is 35.4 Å². The monoisotopic (exact) mass is 463 g/mol. The number of rotatable bonds is 9. The molecule has 4 aromatic rings. The van der Waals surface area contributed by atoms with E-state index in [1.54, 1.807) is 23.9 Å². The Morgan fingerprint density at radius 3 is 2.85 bits per heavy atom. The van der Waals surface area contributed by atoms with Crippen molar-refractivity contribution in [1.29, 1.82) is 0 Å². The number of halogens is 1. The van der Waals surface area contributed by atoms with Crippen LogP contribution in [0.3, 0.4) is 0 Å². The third-order valence-electron chi connectivity index (χ3n) is 5.86. The first-order valence-electron chi connectivity index (χ1n) is 11.4. The highest BCUT2D eigenvalue weighted by Gasteiger charge is 2.22. The Kier molecular flexibility index (Phi) is 6.26. The molecule has 170 valence electrons. The fourth-order valence-electron chi connectivity index (χ4n) is 3.95. The van der Waals surface area contributed by atoms with Crippen LogP contribution < -0.4 is 5.32 Å². The molecule has 1 N–H and O–H groups in total. The largest absolute Gasteiger partial charge is 0.353 e. The second-order valence-electron chi connectivity index (χ2n) is 8.61. The average molecular weight is 464 g/mol. The number of hydrogen-bond acceptors (Lipinski definition) is 5. The second-order valence-corrected chi connectivity index (χ2v) is 9.67. The zero-order valence-corrected chi connectivity index (χ0v) is 19.4. The highest BCUT2D eigenvalue weighted by atomic mass is 32.2. The van der Waals surface area contributed by atoms with E-state index in [2.05, 4.69) is 21.6 Å². The number of unbranched alkanes of at least 4 members (excludes halogenated alkanes) is 1. The van der Waals surface area contributed by atoms with Crippen molar-refractivity contribution < 1.29 is 9.18 Å². The van der Waals surface area contributed by atoms with Crippen LogP contribution in [0.5, 0.6) is 0 Å². The van der Waals surface area contributed by atoms with Crippen molar-refractivity contribution in [3.8, 4) is 0 Å². The van der Waals surface area contributed by atoms with Gasteiger partial charge in [-0.25, -0.2) is 9.37 Å². The third kappa shape index (κ3) is 5.00. The number of amides is 1. The molecule has 0 spiro atoms. The van der Waals surface area contributed by atoms with Crippen molar-refractivity contribution in [2.24, 2.45) is 0 Å². The molecule has 0 radical (unpaired) electrons. The van der Waals surface area contributed by atoms with Crippen molar-refractivity contribution in [2.75, 3.05) is 5.75 Å². The number of nitrogens with one attached hydrogen (secondary N) is 1. The molecule has 2 heterocycles. The van der Waals surface area contributed by atoms with Crippen LogP contribution in [0, 0.1) is 12.7 Å². The Labute approximate surface area is 196 Å². The minimum absolute atomic E-state index is 0.148. The van der Waals surface area contributed by atoms with E-state index in [-0.39, 0.29) is 11.7 Å². The van der Waals surface area contributed by atoms with Gasteiger partial charge in [-0.1, -0.05) is 41.6 Å². The van der Waals surface area contributed by atoms with Crippen LogP contribution in [0.4, 0.5) is 4.39 Å². The molecule has 1 aliphatic rings. The molecule has 0 bridgehead atoms. The van der Waals surface area contributed by atoms with Crippen LogP contribution in [0.15, 0.2) is 47.6 Å². The Morgan fingerprint density at radius 2 is 2.03 bits per heavy atom. The summed E-state index contributed by atoms with van der Waals surface area (Å²) < 4.78 is 16.4. The van der Waals surface area contributed by atoms with Crippen molar-refractivity contribution >= 4 is 39.7 Å². The SMILES string of the molecule is Cc1ccc2c(c1)c1nnc(SCCCCC(=O)NC3CC3)nc1n2Cc1ccccc1F. The molecule has 1 aliphatic carbocycles. The van der Waals surface area contributed by atoms with E-state index in [9.17, 15) is 9.18 Å². The van der Waals surface area contributed by atoms with Gasteiger partial charge in [0.25, 0.3) is 0 Å². The lowest BCUT2D eigenvalue weighted by Gasteiger charge is -2.08. The van der Waals surface area contributed by atoms with Gasteiger partial charge in [0.2, 0.25) is 11.1 Å². The lowest BCUT2D eigenvalue weighted by Crippen LogP contribution is -2.24. The number of fused-ring (bicyclic) bond motifs is 3. The van der Waals surface area contributed by atoms with Crippen LogP contribution in [0.2, 0.25) is 0 Å². The molecular formula is C25H26FN5OS. The van der Waals surface area contributed by atoms with Gasteiger partial charge in [0.1, 0.15) is 11.3 Å². The van der Waals surface area contributed by atoms with E-state index in [1.165, 1.54) is 6.07 Å². The van der Waals surface area contributed by atoms with Crippen molar-refractivity contribution in [3.63, 3.8) is 0 Å². The van der Waals surface area contributed by atoms with Gasteiger partial charge in [-0.15, -0.1) is 10.2 Å². The molecule has 33 heavy (non-hydrogen) atoms. The molecule has 2 aromatic carbocycles. The third-order valence-corrected chi connectivity index (χ3v) is 6.78. The number of benzene rings is 2. The highest BCUT2D eigenvalue weighted by Crippen LogP contribution is 2.29. The minimum Gasteiger partial charge on any atom is -0.353 e. The minimum atomic E-state index is -0.234. The molecule has 2 aromatic heterocycles. The fourth-order valence-corrected chi connectivity index (χ4v) is 4.73. The zero-order chi connectivity index (χ0) is 22.8. The van der Waals surface area contributed by atoms with Gasteiger partial charge in [0, 0.05) is 29.2 Å². The maximum atomic E-state index is 14.4. The molecule has 1 saturated carbocycles. The summed E-state index contributed by atoms with van der Waals surface area (Å²) in [4.78, 5) is 16.6. The Bertz CT molecular complexity index is 1320. The molecule has 1 fully saturated rings. The van der Waals surface area contributed by atoms with Crippen molar-refractivity contribution in [1.82, 2.24) is 25.1 Å². The van der Waals surface area contributed by atoms with E-state index in [1.807, 2.05) is 29.7 Å². The summed E-state index contributed by atoms with van der Waals surface area (Å²) in [6.45, 7) is 2.41. The predicted octanol–water partition coefficient (Wildman–Crippen LogP) is 5.02. The van der Waals surface area contributed by atoms with Gasteiger partial charge in [-0.3, -0.25) is 4.79 Å². The van der Waals surface area contributed by atoms with Gasteiger partial charge >= 0.3 is 0 Å². The Hall–Kier alpha value is -3.00. The molecule has 0 atom stereocenters. The van der Waals surface area contributed by atoms with Crippen LogP contribution in [-0.4, -0.2) is 37.5 Å². The standard InChI is InChI=1S/C25H26FN5OS/c1-16-9-12-21-19(14-16)23-24(31(21)15-17-6-2-3-7-20(17)26)28-25(30-29-23)33-13-5-4-8-22(32)27-18-10-11-18/h2-3,6-7,9,12,14,18H,4-5,8,10-11,13,15H2,1H3,(H,27,32). The number of carbonyl (C=O) groups is 1. The number of nitrogens with zero attached hydrogens (tertiary/aromatic N) is 4.